The van der Waals surface area contributed by atoms with Crippen molar-refractivity contribution in [2.75, 3.05) is 30.8 Å². The first kappa shape index (κ1) is 15.7. The Balaban J connectivity index is 1.75. The Morgan fingerprint density at radius 2 is 2.32 bits per heavy atom. The van der Waals surface area contributed by atoms with Crippen LogP contribution in [0.2, 0.25) is 0 Å². The molecule has 1 saturated heterocycles. The molecule has 22 heavy (non-hydrogen) atoms. The molecular weight excluding hydrogens is 324 g/mol. The van der Waals surface area contributed by atoms with Gasteiger partial charge in [-0.3, -0.25) is 4.72 Å². The van der Waals surface area contributed by atoms with Gasteiger partial charge in [-0.2, -0.15) is 4.37 Å². The summed E-state index contributed by atoms with van der Waals surface area (Å²) in [5, 5.41) is 1.36. The average molecular weight is 342 g/mol. The van der Waals surface area contributed by atoms with Crippen LogP contribution in [0, 0.1) is 5.92 Å². The lowest BCUT2D eigenvalue weighted by atomic mass is 10.0. The summed E-state index contributed by atoms with van der Waals surface area (Å²) in [7, 11) is -1.96. The summed E-state index contributed by atoms with van der Waals surface area (Å²) in [4.78, 5) is 0. The second-order valence-corrected chi connectivity index (χ2v) is 7.85. The maximum Gasteiger partial charge on any atom is 0.235 e. The van der Waals surface area contributed by atoms with Crippen LogP contribution in [0.25, 0.3) is 10.9 Å². The molecule has 1 aliphatic heterocycles. The lowest BCUT2D eigenvalue weighted by molar-refractivity contribution is 0.0612. The first-order chi connectivity index (χ1) is 10.6. The van der Waals surface area contributed by atoms with Crippen LogP contribution in [0.15, 0.2) is 24.3 Å². The molecule has 3 rings (SSSR count). The van der Waals surface area contributed by atoms with Crippen LogP contribution < -0.4 is 4.72 Å². The third-order valence-corrected chi connectivity index (χ3v) is 6.01. The van der Waals surface area contributed by atoms with Crippen molar-refractivity contribution >= 4 is 37.5 Å². The number of benzene rings is 1. The minimum Gasteiger partial charge on any atom is -0.381 e. The van der Waals surface area contributed by atoms with Crippen molar-refractivity contribution < 1.29 is 17.9 Å². The zero-order valence-corrected chi connectivity index (χ0v) is 13.8. The number of hydrogen-bond acceptors (Lipinski definition) is 6. The van der Waals surface area contributed by atoms with Gasteiger partial charge in [0.05, 0.1) is 24.0 Å². The van der Waals surface area contributed by atoms with E-state index in [2.05, 4.69) is 9.10 Å². The number of rotatable bonds is 6. The maximum atomic E-state index is 12.4. The molecule has 2 heterocycles. The maximum absolute atomic E-state index is 12.4. The summed E-state index contributed by atoms with van der Waals surface area (Å²) in [6, 6.07) is 7.45. The van der Waals surface area contributed by atoms with Gasteiger partial charge in [0.15, 0.2) is 0 Å². The zero-order valence-electron chi connectivity index (χ0n) is 12.2. The molecule has 1 fully saturated rings. The number of fused-ring (bicyclic) bond motifs is 1. The topological polar surface area (TPSA) is 77.5 Å². The van der Waals surface area contributed by atoms with Crippen molar-refractivity contribution in [2.24, 2.45) is 5.92 Å². The Hall–Kier alpha value is -1.22. The van der Waals surface area contributed by atoms with Gasteiger partial charge >= 0.3 is 0 Å². The van der Waals surface area contributed by atoms with E-state index in [-0.39, 0.29) is 17.8 Å². The van der Waals surface area contributed by atoms with E-state index in [1.54, 1.807) is 7.11 Å². The van der Waals surface area contributed by atoms with Crippen LogP contribution in [-0.4, -0.2) is 45.0 Å². The van der Waals surface area contributed by atoms with Crippen molar-refractivity contribution in [3.63, 3.8) is 0 Å². The summed E-state index contributed by atoms with van der Waals surface area (Å²) in [6.45, 7) is 1.22. The Labute approximate surface area is 133 Å². The Morgan fingerprint density at radius 1 is 1.50 bits per heavy atom. The Morgan fingerprint density at radius 3 is 3.05 bits per heavy atom. The lowest BCUT2D eigenvalue weighted by Gasteiger charge is -2.20. The van der Waals surface area contributed by atoms with Crippen LogP contribution in [0.4, 0.5) is 5.00 Å². The van der Waals surface area contributed by atoms with Gasteiger partial charge in [-0.15, -0.1) is 0 Å². The van der Waals surface area contributed by atoms with Gasteiger partial charge in [0.25, 0.3) is 0 Å². The molecule has 0 saturated carbocycles. The second kappa shape index (κ2) is 6.49. The molecule has 1 N–H and O–H groups in total. The van der Waals surface area contributed by atoms with E-state index >= 15 is 0 Å². The highest BCUT2D eigenvalue weighted by molar-refractivity contribution is 7.92. The number of ether oxygens (including phenoxy) is 2. The summed E-state index contributed by atoms with van der Waals surface area (Å²) in [5.74, 6) is 0.0452. The molecule has 1 aromatic carbocycles. The molecule has 0 radical (unpaired) electrons. The summed E-state index contributed by atoms with van der Waals surface area (Å²) in [6.07, 6.45) is 0.469. The molecule has 0 bridgehead atoms. The van der Waals surface area contributed by atoms with Gasteiger partial charge in [-0.25, -0.2) is 8.42 Å². The third kappa shape index (κ3) is 3.40. The normalized spacial score (nSPS) is 20.3. The van der Waals surface area contributed by atoms with E-state index in [0.717, 1.165) is 28.9 Å². The lowest BCUT2D eigenvalue weighted by Crippen LogP contribution is -2.33. The molecule has 1 aliphatic rings. The van der Waals surface area contributed by atoms with Crippen molar-refractivity contribution in [2.45, 2.75) is 12.5 Å². The van der Waals surface area contributed by atoms with Crippen molar-refractivity contribution in [1.82, 2.24) is 4.37 Å². The number of methoxy groups -OCH3 is 1. The van der Waals surface area contributed by atoms with E-state index < -0.39 is 10.0 Å². The number of anilines is 1. The molecule has 1 aromatic heterocycles. The summed E-state index contributed by atoms with van der Waals surface area (Å²) < 4.78 is 42.4. The number of hydrogen-bond donors (Lipinski definition) is 1. The molecule has 2 aromatic rings. The largest absolute Gasteiger partial charge is 0.381 e. The van der Waals surface area contributed by atoms with E-state index in [1.165, 1.54) is 0 Å². The molecule has 0 spiro atoms. The standard InChI is InChI=1S/C14H18N2O4S2/c1-19-13(10-6-7-20-8-10)9-22(17,18)16-14-11-4-2-3-5-12(11)15-21-14/h2-5,10,13,16H,6-9H2,1H3. The SMILES string of the molecule is COC(CS(=O)(=O)Nc1snc2ccccc12)C1CCOC1. The monoisotopic (exact) mass is 342 g/mol. The van der Waals surface area contributed by atoms with Crippen LogP contribution in [0.1, 0.15) is 6.42 Å². The van der Waals surface area contributed by atoms with E-state index in [4.69, 9.17) is 9.47 Å². The van der Waals surface area contributed by atoms with E-state index in [1.807, 2.05) is 24.3 Å². The van der Waals surface area contributed by atoms with Crippen molar-refractivity contribution in [1.29, 1.82) is 0 Å². The smallest absolute Gasteiger partial charge is 0.235 e. The van der Waals surface area contributed by atoms with Crippen LogP contribution in [-0.2, 0) is 19.5 Å². The second-order valence-electron chi connectivity index (χ2n) is 5.31. The average Bonchev–Trinajstić information content (AvgIpc) is 3.15. The van der Waals surface area contributed by atoms with Crippen LogP contribution in [0.3, 0.4) is 0 Å². The Kier molecular flexibility index (Phi) is 4.62. The quantitative estimate of drug-likeness (QED) is 0.870. The van der Waals surface area contributed by atoms with Crippen LogP contribution >= 0.6 is 11.5 Å². The number of nitrogens with zero attached hydrogens (tertiary/aromatic N) is 1. The first-order valence-corrected chi connectivity index (χ1v) is 9.47. The first-order valence-electron chi connectivity index (χ1n) is 7.04. The fourth-order valence-corrected chi connectivity index (χ4v) is 5.07. The minimum absolute atomic E-state index is 0.0796. The van der Waals surface area contributed by atoms with Crippen LogP contribution in [0.5, 0.6) is 0 Å². The molecule has 0 amide bonds. The highest BCUT2D eigenvalue weighted by atomic mass is 32.2. The van der Waals surface area contributed by atoms with Gasteiger partial charge in [0.1, 0.15) is 5.00 Å². The van der Waals surface area contributed by atoms with Crippen molar-refractivity contribution in [3.8, 4) is 0 Å². The number of nitrogens with one attached hydrogen (secondary N) is 1. The highest BCUT2D eigenvalue weighted by Gasteiger charge is 2.30. The fraction of sp³-hybridized carbons (Fsp3) is 0.500. The number of aromatic nitrogens is 1. The molecular formula is C14H18N2O4S2. The molecule has 2 atom stereocenters. The molecule has 2 unspecified atom stereocenters. The number of sulfonamides is 1. The van der Waals surface area contributed by atoms with Gasteiger partial charge in [0.2, 0.25) is 10.0 Å². The summed E-state index contributed by atoms with van der Waals surface area (Å²) >= 11 is 1.15. The Bertz CT molecular complexity index is 738. The summed E-state index contributed by atoms with van der Waals surface area (Å²) in [5.41, 5.74) is 0.790. The van der Waals surface area contributed by atoms with Gasteiger partial charge in [-0.05, 0) is 30.1 Å². The molecule has 120 valence electrons. The minimum atomic E-state index is -3.50. The van der Waals surface area contributed by atoms with Crippen molar-refractivity contribution in [3.05, 3.63) is 24.3 Å². The zero-order chi connectivity index (χ0) is 15.6. The predicted octanol–water partition coefficient (Wildman–Crippen LogP) is 2.09. The molecule has 8 heteroatoms. The molecule has 6 nitrogen and oxygen atoms in total. The van der Waals surface area contributed by atoms with Gasteiger partial charge in [-0.1, -0.05) is 12.1 Å². The van der Waals surface area contributed by atoms with Gasteiger partial charge < -0.3 is 9.47 Å². The highest BCUT2D eigenvalue weighted by Crippen LogP contribution is 2.29. The van der Waals surface area contributed by atoms with Gasteiger partial charge in [0, 0.05) is 25.0 Å². The third-order valence-electron chi connectivity index (χ3n) is 3.81. The van der Waals surface area contributed by atoms with E-state index in [0.29, 0.717) is 18.2 Å². The van der Waals surface area contributed by atoms with E-state index in [9.17, 15) is 8.42 Å². The molecule has 0 aliphatic carbocycles. The predicted molar refractivity (Wildman–Crippen MR) is 86.8 cm³/mol. The fourth-order valence-electron chi connectivity index (χ4n) is 2.60.